The van der Waals surface area contributed by atoms with Crippen LogP contribution in [0.3, 0.4) is 0 Å². The van der Waals surface area contributed by atoms with E-state index in [1.54, 1.807) is 17.0 Å². The number of benzene rings is 2. The Morgan fingerprint density at radius 1 is 1.19 bits per heavy atom. The standard InChI is InChI=1S/C16H12BrClFNO/c17-12-4-1-11(14(18)7-12)9-20-15-8-13(19)5-2-10(15)3-6-16(20)21/h1-2,4-5,7-8H,3,6,9H2. The van der Waals surface area contributed by atoms with E-state index in [1.165, 1.54) is 12.1 Å². The molecular formula is C16H12BrClFNO. The first-order valence-electron chi connectivity index (χ1n) is 6.57. The minimum atomic E-state index is -0.338. The van der Waals surface area contributed by atoms with Crippen LogP contribution in [0.25, 0.3) is 0 Å². The summed E-state index contributed by atoms with van der Waals surface area (Å²) in [4.78, 5) is 13.8. The molecule has 0 unspecified atom stereocenters. The number of halogens is 3. The molecule has 1 aliphatic heterocycles. The fraction of sp³-hybridized carbons (Fsp3) is 0.188. The number of carbonyl (C=O) groups excluding carboxylic acids is 1. The van der Waals surface area contributed by atoms with E-state index in [-0.39, 0.29) is 11.7 Å². The lowest BCUT2D eigenvalue weighted by atomic mass is 10.0. The average molecular weight is 369 g/mol. The number of hydrogen-bond donors (Lipinski definition) is 0. The van der Waals surface area contributed by atoms with Crippen LogP contribution in [-0.2, 0) is 17.8 Å². The summed E-state index contributed by atoms with van der Waals surface area (Å²) in [5.41, 5.74) is 2.47. The minimum Gasteiger partial charge on any atom is -0.308 e. The van der Waals surface area contributed by atoms with Crippen LogP contribution >= 0.6 is 27.5 Å². The Balaban J connectivity index is 1.98. The SMILES string of the molecule is O=C1CCc2ccc(F)cc2N1Cc1ccc(Br)cc1Cl. The van der Waals surface area contributed by atoms with Gasteiger partial charge in [-0.3, -0.25) is 4.79 Å². The van der Waals surface area contributed by atoms with Crippen molar-refractivity contribution in [2.75, 3.05) is 4.90 Å². The van der Waals surface area contributed by atoms with Crippen molar-refractivity contribution in [1.82, 2.24) is 0 Å². The molecule has 0 aromatic heterocycles. The van der Waals surface area contributed by atoms with Crippen LogP contribution < -0.4 is 4.90 Å². The van der Waals surface area contributed by atoms with Gasteiger partial charge in [0.25, 0.3) is 0 Å². The van der Waals surface area contributed by atoms with E-state index in [2.05, 4.69) is 15.9 Å². The lowest BCUT2D eigenvalue weighted by Gasteiger charge is -2.29. The molecule has 2 aromatic carbocycles. The highest BCUT2D eigenvalue weighted by Crippen LogP contribution is 2.31. The average Bonchev–Trinajstić information content (AvgIpc) is 2.44. The number of rotatable bonds is 2. The molecule has 0 N–H and O–H groups in total. The maximum atomic E-state index is 13.5. The Bertz CT molecular complexity index is 719. The smallest absolute Gasteiger partial charge is 0.227 e. The molecule has 0 saturated carbocycles. The zero-order valence-corrected chi connectivity index (χ0v) is 13.4. The molecule has 0 bridgehead atoms. The highest BCUT2D eigenvalue weighted by molar-refractivity contribution is 9.10. The summed E-state index contributed by atoms with van der Waals surface area (Å²) in [6.07, 6.45) is 1.09. The van der Waals surface area contributed by atoms with Crippen molar-refractivity contribution in [3.63, 3.8) is 0 Å². The van der Waals surface area contributed by atoms with E-state index in [0.717, 1.165) is 15.6 Å². The third kappa shape index (κ3) is 2.97. The van der Waals surface area contributed by atoms with Gasteiger partial charge < -0.3 is 4.90 Å². The predicted molar refractivity (Wildman–Crippen MR) is 85.1 cm³/mol. The lowest BCUT2D eigenvalue weighted by molar-refractivity contribution is -0.119. The summed E-state index contributed by atoms with van der Waals surface area (Å²) in [7, 11) is 0. The van der Waals surface area contributed by atoms with E-state index < -0.39 is 0 Å². The van der Waals surface area contributed by atoms with Crippen LogP contribution in [0.5, 0.6) is 0 Å². The zero-order chi connectivity index (χ0) is 15.0. The third-order valence-corrected chi connectivity index (χ3v) is 4.44. The molecule has 1 amide bonds. The van der Waals surface area contributed by atoms with Crippen molar-refractivity contribution in [3.8, 4) is 0 Å². The number of aryl methyl sites for hydroxylation is 1. The van der Waals surface area contributed by atoms with Gasteiger partial charge in [-0.1, -0.05) is 39.7 Å². The number of carbonyl (C=O) groups is 1. The third-order valence-electron chi connectivity index (χ3n) is 3.59. The number of fused-ring (bicyclic) bond motifs is 1. The summed E-state index contributed by atoms with van der Waals surface area (Å²) in [5, 5.41) is 0.584. The van der Waals surface area contributed by atoms with Gasteiger partial charge in [0, 0.05) is 15.9 Å². The van der Waals surface area contributed by atoms with Crippen molar-refractivity contribution >= 4 is 39.1 Å². The van der Waals surface area contributed by atoms with Crippen molar-refractivity contribution in [3.05, 3.63) is 62.8 Å². The molecule has 0 aliphatic carbocycles. The van der Waals surface area contributed by atoms with Gasteiger partial charge >= 0.3 is 0 Å². The molecule has 108 valence electrons. The molecule has 1 heterocycles. The van der Waals surface area contributed by atoms with E-state index >= 15 is 0 Å². The molecular weight excluding hydrogens is 357 g/mol. The molecule has 1 aliphatic rings. The van der Waals surface area contributed by atoms with E-state index in [9.17, 15) is 9.18 Å². The maximum absolute atomic E-state index is 13.5. The fourth-order valence-electron chi connectivity index (χ4n) is 2.50. The van der Waals surface area contributed by atoms with Gasteiger partial charge in [-0.2, -0.15) is 0 Å². The molecule has 0 spiro atoms. The van der Waals surface area contributed by atoms with Gasteiger partial charge in [-0.25, -0.2) is 4.39 Å². The Kier molecular flexibility index (Phi) is 4.00. The zero-order valence-electron chi connectivity index (χ0n) is 11.1. The second-order valence-corrected chi connectivity index (χ2v) is 6.31. The predicted octanol–water partition coefficient (Wildman–Crippen LogP) is 4.72. The van der Waals surface area contributed by atoms with Gasteiger partial charge in [0.1, 0.15) is 5.82 Å². The van der Waals surface area contributed by atoms with Crippen LogP contribution in [0.1, 0.15) is 17.5 Å². The largest absolute Gasteiger partial charge is 0.308 e. The summed E-state index contributed by atoms with van der Waals surface area (Å²) in [5.74, 6) is -0.345. The molecule has 0 radical (unpaired) electrons. The molecule has 5 heteroatoms. The van der Waals surface area contributed by atoms with Gasteiger partial charge in [0.05, 0.1) is 12.2 Å². The second kappa shape index (κ2) is 5.78. The molecule has 0 atom stereocenters. The van der Waals surface area contributed by atoms with Crippen molar-refractivity contribution in [2.45, 2.75) is 19.4 Å². The van der Waals surface area contributed by atoms with Crippen LogP contribution in [-0.4, -0.2) is 5.91 Å². The van der Waals surface area contributed by atoms with E-state index in [0.29, 0.717) is 30.1 Å². The number of amides is 1. The van der Waals surface area contributed by atoms with Crippen LogP contribution in [0.4, 0.5) is 10.1 Å². The summed E-state index contributed by atoms with van der Waals surface area (Å²) in [6.45, 7) is 0.349. The van der Waals surface area contributed by atoms with Crippen molar-refractivity contribution in [2.24, 2.45) is 0 Å². The topological polar surface area (TPSA) is 20.3 Å². The first-order chi connectivity index (χ1) is 10.0. The molecule has 0 fully saturated rings. The number of anilines is 1. The van der Waals surface area contributed by atoms with Gasteiger partial charge in [0.2, 0.25) is 5.91 Å². The van der Waals surface area contributed by atoms with Gasteiger partial charge in [-0.15, -0.1) is 0 Å². The summed E-state index contributed by atoms with van der Waals surface area (Å²) < 4.78 is 14.4. The Hall–Kier alpha value is -1.39. The van der Waals surface area contributed by atoms with Crippen LogP contribution in [0.15, 0.2) is 40.9 Å². The van der Waals surface area contributed by atoms with Crippen molar-refractivity contribution < 1.29 is 9.18 Å². The first kappa shape index (κ1) is 14.5. The molecule has 2 aromatic rings. The molecule has 21 heavy (non-hydrogen) atoms. The second-order valence-electron chi connectivity index (χ2n) is 4.99. The highest BCUT2D eigenvalue weighted by atomic mass is 79.9. The number of nitrogens with zero attached hydrogens (tertiary/aromatic N) is 1. The van der Waals surface area contributed by atoms with Gasteiger partial charge in [0.15, 0.2) is 0 Å². The van der Waals surface area contributed by atoms with Crippen molar-refractivity contribution in [1.29, 1.82) is 0 Å². The van der Waals surface area contributed by atoms with Crippen LogP contribution in [0, 0.1) is 5.82 Å². The summed E-state index contributed by atoms with van der Waals surface area (Å²) in [6, 6.07) is 10.1. The molecule has 3 rings (SSSR count). The van der Waals surface area contributed by atoms with E-state index in [4.69, 9.17) is 11.6 Å². The summed E-state index contributed by atoms with van der Waals surface area (Å²) >= 11 is 9.57. The van der Waals surface area contributed by atoms with E-state index in [1.807, 2.05) is 12.1 Å². The Morgan fingerprint density at radius 2 is 2.00 bits per heavy atom. The van der Waals surface area contributed by atoms with Gasteiger partial charge in [-0.05, 0) is 41.8 Å². The molecule has 2 nitrogen and oxygen atoms in total. The fourth-order valence-corrected chi connectivity index (χ4v) is 3.24. The van der Waals surface area contributed by atoms with Crippen LogP contribution in [0.2, 0.25) is 5.02 Å². The maximum Gasteiger partial charge on any atom is 0.227 e. The lowest BCUT2D eigenvalue weighted by Crippen LogP contribution is -2.34. The highest BCUT2D eigenvalue weighted by Gasteiger charge is 2.25. The first-order valence-corrected chi connectivity index (χ1v) is 7.74. The monoisotopic (exact) mass is 367 g/mol. The minimum absolute atomic E-state index is 0.00733. The molecule has 0 saturated heterocycles. The normalized spacial score (nSPS) is 14.2. The quantitative estimate of drug-likeness (QED) is 0.751. The Morgan fingerprint density at radius 3 is 2.76 bits per heavy atom. The number of hydrogen-bond acceptors (Lipinski definition) is 1. The Labute approximate surface area is 135 Å².